The highest BCUT2D eigenvalue weighted by molar-refractivity contribution is 5.27. The highest BCUT2D eigenvalue weighted by Crippen LogP contribution is 2.22. The maximum Gasteiger partial charge on any atom is 0.118 e. The van der Waals surface area contributed by atoms with Gasteiger partial charge in [-0.1, -0.05) is 19.1 Å². The van der Waals surface area contributed by atoms with E-state index in [9.17, 15) is 0 Å². The van der Waals surface area contributed by atoms with Gasteiger partial charge < -0.3 is 14.8 Å². The van der Waals surface area contributed by atoms with Crippen molar-refractivity contribution in [1.29, 1.82) is 0 Å². The molecule has 2 rings (SSSR count). The minimum atomic E-state index is 0.625. The number of nitrogens with one attached hydrogen (secondary N) is 1. The summed E-state index contributed by atoms with van der Waals surface area (Å²) in [7, 11) is 1.71. The number of methoxy groups -OCH3 is 1. The van der Waals surface area contributed by atoms with Crippen LogP contribution in [0, 0.1) is 5.92 Å². The monoisotopic (exact) mass is 291 g/mol. The van der Waals surface area contributed by atoms with Gasteiger partial charge in [-0.3, -0.25) is 0 Å². The van der Waals surface area contributed by atoms with E-state index < -0.39 is 0 Å². The van der Waals surface area contributed by atoms with Crippen LogP contribution in [-0.2, 0) is 11.2 Å². The zero-order chi connectivity index (χ0) is 14.9. The average Bonchev–Trinajstić information content (AvgIpc) is 2.54. The van der Waals surface area contributed by atoms with Crippen LogP contribution in [0.4, 0.5) is 0 Å². The largest absolute Gasteiger partial charge is 0.497 e. The highest BCUT2D eigenvalue weighted by Gasteiger charge is 2.18. The Balaban J connectivity index is 1.80. The van der Waals surface area contributed by atoms with Crippen molar-refractivity contribution in [3.8, 4) is 5.75 Å². The van der Waals surface area contributed by atoms with Crippen molar-refractivity contribution in [2.24, 2.45) is 5.92 Å². The fourth-order valence-electron chi connectivity index (χ4n) is 3.11. The Labute approximate surface area is 129 Å². The minimum Gasteiger partial charge on any atom is -0.497 e. The number of rotatable bonds is 8. The summed E-state index contributed by atoms with van der Waals surface area (Å²) in [5.74, 6) is 1.77. The third-order valence-corrected chi connectivity index (χ3v) is 4.39. The van der Waals surface area contributed by atoms with Crippen LogP contribution in [0.2, 0.25) is 0 Å². The first-order valence-corrected chi connectivity index (χ1v) is 8.26. The second-order valence-corrected chi connectivity index (χ2v) is 5.93. The predicted octanol–water partition coefficient (Wildman–Crippen LogP) is 3.42. The van der Waals surface area contributed by atoms with Crippen molar-refractivity contribution in [3.05, 3.63) is 29.8 Å². The van der Waals surface area contributed by atoms with Crippen molar-refractivity contribution in [2.45, 2.75) is 45.1 Å². The van der Waals surface area contributed by atoms with Gasteiger partial charge in [-0.05, 0) is 62.3 Å². The van der Waals surface area contributed by atoms with Crippen molar-refractivity contribution in [1.82, 2.24) is 5.32 Å². The summed E-state index contributed by atoms with van der Waals surface area (Å²) in [6.45, 7) is 5.14. The molecule has 1 fully saturated rings. The van der Waals surface area contributed by atoms with E-state index in [4.69, 9.17) is 9.47 Å². The Morgan fingerprint density at radius 2 is 1.95 bits per heavy atom. The molecule has 1 saturated heterocycles. The molecular formula is C18H29NO2. The zero-order valence-corrected chi connectivity index (χ0v) is 13.4. The van der Waals surface area contributed by atoms with E-state index >= 15 is 0 Å². The smallest absolute Gasteiger partial charge is 0.118 e. The third-order valence-electron chi connectivity index (χ3n) is 4.39. The lowest BCUT2D eigenvalue weighted by Crippen LogP contribution is -2.33. The van der Waals surface area contributed by atoms with Gasteiger partial charge in [0, 0.05) is 19.3 Å². The molecule has 1 unspecified atom stereocenters. The van der Waals surface area contributed by atoms with Crippen molar-refractivity contribution in [2.75, 3.05) is 26.9 Å². The highest BCUT2D eigenvalue weighted by atomic mass is 16.5. The maximum absolute atomic E-state index is 5.46. The Bertz CT molecular complexity index is 385. The second-order valence-electron chi connectivity index (χ2n) is 5.93. The molecule has 0 saturated carbocycles. The first kappa shape index (κ1) is 16.3. The van der Waals surface area contributed by atoms with E-state index in [0.717, 1.165) is 37.8 Å². The lowest BCUT2D eigenvalue weighted by Gasteiger charge is -2.27. The van der Waals surface area contributed by atoms with Gasteiger partial charge in [0.2, 0.25) is 0 Å². The molecule has 118 valence electrons. The van der Waals surface area contributed by atoms with Gasteiger partial charge in [0.1, 0.15) is 5.75 Å². The third kappa shape index (κ3) is 5.68. The summed E-state index contributed by atoms with van der Waals surface area (Å²) in [5.41, 5.74) is 1.39. The predicted molar refractivity (Wildman–Crippen MR) is 86.9 cm³/mol. The van der Waals surface area contributed by atoms with E-state index in [1.807, 2.05) is 0 Å². The first-order valence-electron chi connectivity index (χ1n) is 8.26. The fourth-order valence-corrected chi connectivity index (χ4v) is 3.11. The summed E-state index contributed by atoms with van der Waals surface area (Å²) in [6.07, 6.45) is 6.07. The normalized spacial score (nSPS) is 17.6. The summed E-state index contributed by atoms with van der Waals surface area (Å²) >= 11 is 0. The Morgan fingerprint density at radius 3 is 2.57 bits per heavy atom. The van der Waals surface area contributed by atoms with E-state index in [0.29, 0.717) is 6.04 Å². The van der Waals surface area contributed by atoms with E-state index in [1.165, 1.54) is 31.2 Å². The maximum atomic E-state index is 5.46. The van der Waals surface area contributed by atoms with Crippen LogP contribution in [0.3, 0.4) is 0 Å². The van der Waals surface area contributed by atoms with E-state index in [2.05, 4.69) is 36.5 Å². The Hall–Kier alpha value is -1.06. The molecule has 21 heavy (non-hydrogen) atoms. The van der Waals surface area contributed by atoms with Crippen molar-refractivity contribution < 1.29 is 9.47 Å². The van der Waals surface area contributed by atoms with Gasteiger partial charge in [-0.25, -0.2) is 0 Å². The molecule has 0 aliphatic carbocycles. The molecule has 1 aliphatic heterocycles. The van der Waals surface area contributed by atoms with Crippen molar-refractivity contribution >= 4 is 0 Å². The molecule has 0 aromatic heterocycles. The molecule has 0 spiro atoms. The molecule has 0 amide bonds. The molecule has 0 radical (unpaired) electrons. The fraction of sp³-hybridized carbons (Fsp3) is 0.667. The van der Waals surface area contributed by atoms with Crippen LogP contribution in [0.25, 0.3) is 0 Å². The second kappa shape index (κ2) is 9.06. The van der Waals surface area contributed by atoms with Crippen molar-refractivity contribution in [3.63, 3.8) is 0 Å². The van der Waals surface area contributed by atoms with Gasteiger partial charge in [-0.2, -0.15) is 0 Å². The molecule has 1 aliphatic rings. The number of hydrogen-bond acceptors (Lipinski definition) is 3. The Kier molecular flexibility index (Phi) is 7.04. The molecule has 3 nitrogen and oxygen atoms in total. The molecule has 1 heterocycles. The molecular weight excluding hydrogens is 262 g/mol. The quantitative estimate of drug-likeness (QED) is 0.796. The van der Waals surface area contributed by atoms with Crippen LogP contribution in [0.5, 0.6) is 5.75 Å². The van der Waals surface area contributed by atoms with Gasteiger partial charge >= 0.3 is 0 Å². The SMILES string of the molecule is CCNC(CCc1ccc(OC)cc1)CC1CCOCC1. The number of ether oxygens (including phenoxy) is 2. The topological polar surface area (TPSA) is 30.5 Å². The summed E-state index contributed by atoms with van der Waals surface area (Å²) in [5, 5.41) is 3.66. The molecule has 0 bridgehead atoms. The Morgan fingerprint density at radius 1 is 1.24 bits per heavy atom. The molecule has 3 heteroatoms. The van der Waals surface area contributed by atoms with Crippen LogP contribution in [0.1, 0.15) is 38.2 Å². The van der Waals surface area contributed by atoms with Gasteiger partial charge in [0.15, 0.2) is 0 Å². The zero-order valence-electron chi connectivity index (χ0n) is 13.4. The van der Waals surface area contributed by atoms with Crippen LogP contribution < -0.4 is 10.1 Å². The van der Waals surface area contributed by atoms with E-state index in [1.54, 1.807) is 7.11 Å². The molecule has 1 aromatic carbocycles. The summed E-state index contributed by atoms with van der Waals surface area (Å²) in [4.78, 5) is 0. The number of aryl methyl sites for hydroxylation is 1. The number of hydrogen-bond donors (Lipinski definition) is 1. The number of benzene rings is 1. The summed E-state index contributed by atoms with van der Waals surface area (Å²) in [6, 6.07) is 9.08. The minimum absolute atomic E-state index is 0.625. The van der Waals surface area contributed by atoms with Gasteiger partial charge in [-0.15, -0.1) is 0 Å². The van der Waals surface area contributed by atoms with Crippen LogP contribution >= 0.6 is 0 Å². The van der Waals surface area contributed by atoms with Crippen LogP contribution in [-0.4, -0.2) is 32.9 Å². The van der Waals surface area contributed by atoms with E-state index in [-0.39, 0.29) is 0 Å². The lowest BCUT2D eigenvalue weighted by atomic mass is 9.90. The first-order chi connectivity index (χ1) is 10.3. The van der Waals surface area contributed by atoms with Crippen LogP contribution in [0.15, 0.2) is 24.3 Å². The van der Waals surface area contributed by atoms with Gasteiger partial charge in [0.25, 0.3) is 0 Å². The van der Waals surface area contributed by atoms with Gasteiger partial charge in [0.05, 0.1) is 7.11 Å². The molecule has 1 aromatic rings. The lowest BCUT2D eigenvalue weighted by molar-refractivity contribution is 0.0603. The summed E-state index contributed by atoms with van der Waals surface area (Å²) < 4.78 is 10.7. The molecule has 1 atom stereocenters. The average molecular weight is 291 g/mol. The standard InChI is InChI=1S/C18H29NO2/c1-3-19-17(14-16-10-12-21-13-11-16)7-4-15-5-8-18(20-2)9-6-15/h5-6,8-9,16-17,19H,3-4,7,10-14H2,1-2H3. The molecule has 1 N–H and O–H groups in total.